The molecule has 94 valence electrons. The number of nitrogens with one attached hydrogen (secondary N) is 2. The molecule has 0 amide bonds. The van der Waals surface area contributed by atoms with E-state index >= 15 is 0 Å². The summed E-state index contributed by atoms with van der Waals surface area (Å²) >= 11 is 6.18. The SMILES string of the molecule is CNc1cncc(NC(C)c2ccccc2Cl)c1. The highest BCUT2D eigenvalue weighted by Gasteiger charge is 2.08. The van der Waals surface area contributed by atoms with Gasteiger partial charge in [0.2, 0.25) is 0 Å². The summed E-state index contributed by atoms with van der Waals surface area (Å²) in [6.45, 7) is 2.08. The largest absolute Gasteiger partial charge is 0.387 e. The van der Waals surface area contributed by atoms with Crippen LogP contribution >= 0.6 is 11.6 Å². The third-order valence-electron chi connectivity index (χ3n) is 2.78. The number of hydrogen-bond donors (Lipinski definition) is 2. The third kappa shape index (κ3) is 2.93. The second kappa shape index (κ2) is 5.74. The Balaban J connectivity index is 2.16. The highest BCUT2D eigenvalue weighted by molar-refractivity contribution is 6.31. The van der Waals surface area contributed by atoms with E-state index < -0.39 is 0 Å². The minimum absolute atomic E-state index is 0.132. The van der Waals surface area contributed by atoms with Crippen LogP contribution in [0.3, 0.4) is 0 Å². The second-order valence-electron chi connectivity index (χ2n) is 4.10. The minimum atomic E-state index is 0.132. The van der Waals surface area contributed by atoms with E-state index in [1.165, 1.54) is 0 Å². The highest BCUT2D eigenvalue weighted by atomic mass is 35.5. The Morgan fingerprint density at radius 2 is 1.89 bits per heavy atom. The van der Waals surface area contributed by atoms with Gasteiger partial charge < -0.3 is 10.6 Å². The predicted octanol–water partition coefficient (Wildman–Crippen LogP) is 3.95. The van der Waals surface area contributed by atoms with Crippen LogP contribution in [0, 0.1) is 0 Å². The number of halogens is 1. The van der Waals surface area contributed by atoms with Crippen molar-refractivity contribution in [1.82, 2.24) is 4.98 Å². The Morgan fingerprint density at radius 1 is 1.17 bits per heavy atom. The maximum Gasteiger partial charge on any atom is 0.0552 e. The maximum atomic E-state index is 6.18. The molecule has 0 aliphatic carbocycles. The van der Waals surface area contributed by atoms with Crippen LogP contribution in [-0.4, -0.2) is 12.0 Å². The monoisotopic (exact) mass is 261 g/mol. The zero-order chi connectivity index (χ0) is 13.0. The summed E-state index contributed by atoms with van der Waals surface area (Å²) in [5.41, 5.74) is 3.02. The molecule has 0 aliphatic rings. The van der Waals surface area contributed by atoms with Crippen molar-refractivity contribution in [3.8, 4) is 0 Å². The van der Waals surface area contributed by atoms with Gasteiger partial charge in [0.15, 0.2) is 0 Å². The number of benzene rings is 1. The van der Waals surface area contributed by atoms with Crippen LogP contribution < -0.4 is 10.6 Å². The summed E-state index contributed by atoms with van der Waals surface area (Å²) in [6.07, 6.45) is 3.58. The lowest BCUT2D eigenvalue weighted by molar-refractivity contribution is 0.883. The van der Waals surface area contributed by atoms with Crippen LogP contribution in [0.5, 0.6) is 0 Å². The lowest BCUT2D eigenvalue weighted by Gasteiger charge is -2.17. The zero-order valence-corrected chi connectivity index (χ0v) is 11.2. The van der Waals surface area contributed by atoms with Crippen LogP contribution in [0.25, 0.3) is 0 Å². The van der Waals surface area contributed by atoms with Crippen molar-refractivity contribution >= 4 is 23.0 Å². The first-order valence-corrected chi connectivity index (χ1v) is 6.22. The van der Waals surface area contributed by atoms with Crippen molar-refractivity contribution in [3.05, 3.63) is 53.3 Å². The molecule has 1 aromatic heterocycles. The molecule has 2 rings (SSSR count). The molecule has 0 saturated heterocycles. The van der Waals surface area contributed by atoms with Crippen LogP contribution in [0.2, 0.25) is 5.02 Å². The molecule has 0 radical (unpaired) electrons. The van der Waals surface area contributed by atoms with Gasteiger partial charge in [-0.25, -0.2) is 0 Å². The van der Waals surface area contributed by atoms with E-state index in [4.69, 9.17) is 11.6 Å². The Bertz CT molecular complexity index is 528. The number of aromatic nitrogens is 1. The summed E-state index contributed by atoms with van der Waals surface area (Å²) < 4.78 is 0. The van der Waals surface area contributed by atoms with E-state index in [1.807, 2.05) is 37.4 Å². The number of hydrogen-bond acceptors (Lipinski definition) is 3. The van der Waals surface area contributed by atoms with E-state index in [0.717, 1.165) is 22.0 Å². The second-order valence-corrected chi connectivity index (χ2v) is 4.51. The topological polar surface area (TPSA) is 37.0 Å². The first-order valence-electron chi connectivity index (χ1n) is 5.84. The Hall–Kier alpha value is -1.74. The van der Waals surface area contributed by atoms with Gasteiger partial charge in [0.1, 0.15) is 0 Å². The Labute approximate surface area is 112 Å². The molecule has 2 N–H and O–H groups in total. The third-order valence-corrected chi connectivity index (χ3v) is 3.13. The molecular formula is C14H16ClN3. The molecule has 4 heteroatoms. The molecule has 1 unspecified atom stereocenters. The highest BCUT2D eigenvalue weighted by Crippen LogP contribution is 2.26. The summed E-state index contributed by atoms with van der Waals surface area (Å²) in [6, 6.07) is 9.99. The van der Waals surface area contributed by atoms with Gasteiger partial charge in [0.05, 0.1) is 29.8 Å². The van der Waals surface area contributed by atoms with Crippen molar-refractivity contribution in [3.63, 3.8) is 0 Å². The lowest BCUT2D eigenvalue weighted by Crippen LogP contribution is -2.07. The van der Waals surface area contributed by atoms with E-state index in [-0.39, 0.29) is 6.04 Å². The first-order chi connectivity index (χ1) is 8.70. The van der Waals surface area contributed by atoms with Gasteiger partial charge in [-0.05, 0) is 24.6 Å². The predicted molar refractivity (Wildman–Crippen MR) is 77.3 cm³/mol. The van der Waals surface area contributed by atoms with Gasteiger partial charge in [-0.1, -0.05) is 29.8 Å². The first kappa shape index (κ1) is 12.7. The molecular weight excluding hydrogens is 246 g/mol. The molecule has 0 saturated carbocycles. The van der Waals surface area contributed by atoms with Crippen molar-refractivity contribution in [2.45, 2.75) is 13.0 Å². The summed E-state index contributed by atoms with van der Waals surface area (Å²) in [7, 11) is 1.87. The summed E-state index contributed by atoms with van der Waals surface area (Å²) in [4.78, 5) is 4.17. The van der Waals surface area contributed by atoms with Gasteiger partial charge in [-0.3, -0.25) is 4.98 Å². The molecule has 1 heterocycles. The van der Waals surface area contributed by atoms with E-state index in [9.17, 15) is 0 Å². The maximum absolute atomic E-state index is 6.18. The summed E-state index contributed by atoms with van der Waals surface area (Å²) in [5, 5.41) is 7.22. The number of pyridine rings is 1. The van der Waals surface area contributed by atoms with Gasteiger partial charge in [-0.2, -0.15) is 0 Å². The molecule has 1 aromatic carbocycles. The van der Waals surface area contributed by atoms with Gasteiger partial charge in [0.25, 0.3) is 0 Å². The van der Waals surface area contributed by atoms with Gasteiger partial charge in [-0.15, -0.1) is 0 Å². The Morgan fingerprint density at radius 3 is 2.61 bits per heavy atom. The zero-order valence-electron chi connectivity index (χ0n) is 10.4. The fourth-order valence-electron chi connectivity index (χ4n) is 1.81. The van der Waals surface area contributed by atoms with Crippen molar-refractivity contribution < 1.29 is 0 Å². The standard InChI is InChI=1S/C14H16ClN3/c1-10(13-5-3-4-6-14(13)15)18-12-7-11(16-2)8-17-9-12/h3-10,16,18H,1-2H3. The Kier molecular flexibility index (Phi) is 4.05. The molecule has 0 spiro atoms. The molecule has 0 bridgehead atoms. The fourth-order valence-corrected chi connectivity index (χ4v) is 2.11. The normalized spacial score (nSPS) is 11.9. The minimum Gasteiger partial charge on any atom is -0.387 e. The fraction of sp³-hybridized carbons (Fsp3) is 0.214. The smallest absolute Gasteiger partial charge is 0.0552 e. The van der Waals surface area contributed by atoms with Crippen molar-refractivity contribution in [1.29, 1.82) is 0 Å². The average molecular weight is 262 g/mol. The average Bonchev–Trinajstić information content (AvgIpc) is 2.39. The molecule has 18 heavy (non-hydrogen) atoms. The van der Waals surface area contributed by atoms with Crippen LogP contribution in [0.1, 0.15) is 18.5 Å². The quantitative estimate of drug-likeness (QED) is 0.875. The van der Waals surface area contributed by atoms with E-state index in [0.29, 0.717) is 0 Å². The summed E-state index contributed by atoms with van der Waals surface area (Å²) in [5.74, 6) is 0. The van der Waals surface area contributed by atoms with Gasteiger partial charge in [0, 0.05) is 12.1 Å². The van der Waals surface area contributed by atoms with Crippen molar-refractivity contribution in [2.75, 3.05) is 17.7 Å². The molecule has 1 atom stereocenters. The number of rotatable bonds is 4. The van der Waals surface area contributed by atoms with Gasteiger partial charge >= 0.3 is 0 Å². The van der Waals surface area contributed by atoms with Crippen LogP contribution in [-0.2, 0) is 0 Å². The lowest BCUT2D eigenvalue weighted by atomic mass is 10.1. The van der Waals surface area contributed by atoms with E-state index in [1.54, 1.807) is 12.4 Å². The van der Waals surface area contributed by atoms with Crippen molar-refractivity contribution in [2.24, 2.45) is 0 Å². The van der Waals surface area contributed by atoms with Crippen LogP contribution in [0.4, 0.5) is 11.4 Å². The molecule has 3 nitrogen and oxygen atoms in total. The molecule has 0 fully saturated rings. The number of nitrogens with zero attached hydrogens (tertiary/aromatic N) is 1. The molecule has 2 aromatic rings. The van der Waals surface area contributed by atoms with E-state index in [2.05, 4.69) is 22.5 Å². The van der Waals surface area contributed by atoms with Crippen LogP contribution in [0.15, 0.2) is 42.7 Å². The molecule has 0 aliphatic heterocycles. The number of anilines is 2.